The highest BCUT2D eigenvalue weighted by Crippen LogP contribution is 2.36. The molecule has 2 amide bonds. The van der Waals surface area contributed by atoms with Gasteiger partial charge in [-0.1, -0.05) is 41.4 Å². The molecule has 9 nitrogen and oxygen atoms in total. The molecular formula is C28H32ClN3O6S. The number of carbonyl (C=O) groups excluding carboxylic acids is 2. The number of rotatable bonds is 11. The average molecular weight is 574 g/mol. The number of halogens is 1. The number of benzene rings is 3. The van der Waals surface area contributed by atoms with Gasteiger partial charge < -0.3 is 19.7 Å². The number of likely N-dealkylation sites (N-methyl/N-ethyl adjacent to an activating group) is 1. The second-order valence-electron chi connectivity index (χ2n) is 8.80. The van der Waals surface area contributed by atoms with E-state index in [-0.39, 0.29) is 22.9 Å². The van der Waals surface area contributed by atoms with Crippen molar-refractivity contribution in [2.75, 3.05) is 32.1 Å². The van der Waals surface area contributed by atoms with Crippen molar-refractivity contribution < 1.29 is 27.5 Å². The monoisotopic (exact) mass is 573 g/mol. The summed E-state index contributed by atoms with van der Waals surface area (Å²) in [6.45, 7) is 2.84. The van der Waals surface area contributed by atoms with Crippen LogP contribution in [0, 0.1) is 6.92 Å². The predicted molar refractivity (Wildman–Crippen MR) is 151 cm³/mol. The molecule has 1 unspecified atom stereocenters. The van der Waals surface area contributed by atoms with E-state index < -0.39 is 34.4 Å². The molecule has 0 aromatic heterocycles. The Balaban J connectivity index is 2.13. The number of aryl methyl sites for hydroxylation is 1. The Bertz CT molecular complexity index is 1430. The summed E-state index contributed by atoms with van der Waals surface area (Å²) >= 11 is 6.15. The molecule has 3 aromatic carbocycles. The van der Waals surface area contributed by atoms with Crippen molar-refractivity contribution in [2.45, 2.75) is 31.3 Å². The molecule has 0 aliphatic heterocycles. The average Bonchev–Trinajstić information content (AvgIpc) is 2.93. The summed E-state index contributed by atoms with van der Waals surface area (Å²) in [5.74, 6) is -0.416. The minimum Gasteiger partial charge on any atom is -0.497 e. The molecular weight excluding hydrogens is 542 g/mol. The number of hydrogen-bond acceptors (Lipinski definition) is 6. The fourth-order valence-electron chi connectivity index (χ4n) is 3.97. The number of ether oxygens (including phenoxy) is 2. The van der Waals surface area contributed by atoms with Gasteiger partial charge >= 0.3 is 0 Å². The third-order valence-electron chi connectivity index (χ3n) is 6.20. The molecule has 0 radical (unpaired) electrons. The quantitative estimate of drug-likeness (QED) is 0.371. The maximum atomic E-state index is 14.0. The molecule has 0 bridgehead atoms. The summed E-state index contributed by atoms with van der Waals surface area (Å²) < 4.78 is 39.8. The van der Waals surface area contributed by atoms with Crippen LogP contribution in [-0.2, 0) is 26.2 Å². The number of sulfonamides is 1. The number of nitrogens with zero attached hydrogens (tertiary/aromatic N) is 2. The second-order valence-corrected chi connectivity index (χ2v) is 11.1. The Morgan fingerprint density at radius 1 is 1.00 bits per heavy atom. The van der Waals surface area contributed by atoms with Crippen LogP contribution >= 0.6 is 11.6 Å². The standard InChI is InChI=1S/C28H32ClN3O6S/c1-19-9-12-24(13-10-19)39(35,36)32(25-16-23(37-4)11-14-26(25)38-5)18-27(33)31(20(2)28(34)30-3)17-21-7-6-8-22(29)15-21/h6-16,20H,17-18H2,1-5H3,(H,30,34). The Hall–Kier alpha value is -3.76. The molecule has 3 aromatic rings. The highest BCUT2D eigenvalue weighted by atomic mass is 35.5. The van der Waals surface area contributed by atoms with E-state index in [1.54, 1.807) is 55.5 Å². The SMILES string of the molecule is CNC(=O)C(C)N(Cc1cccc(Cl)c1)C(=O)CN(c1cc(OC)ccc1OC)S(=O)(=O)c1ccc(C)cc1. The van der Waals surface area contributed by atoms with Crippen molar-refractivity contribution in [1.29, 1.82) is 0 Å². The van der Waals surface area contributed by atoms with Gasteiger partial charge in [-0.05, 0) is 55.8 Å². The van der Waals surface area contributed by atoms with E-state index in [2.05, 4.69) is 5.32 Å². The zero-order valence-electron chi connectivity index (χ0n) is 22.5. The Morgan fingerprint density at radius 3 is 2.28 bits per heavy atom. The van der Waals surface area contributed by atoms with Crippen LogP contribution in [0.3, 0.4) is 0 Å². The van der Waals surface area contributed by atoms with Crippen molar-refractivity contribution in [1.82, 2.24) is 10.2 Å². The number of hydrogen-bond donors (Lipinski definition) is 1. The summed E-state index contributed by atoms with van der Waals surface area (Å²) in [6, 6.07) is 17.0. The topological polar surface area (TPSA) is 105 Å². The lowest BCUT2D eigenvalue weighted by Gasteiger charge is -2.32. The van der Waals surface area contributed by atoms with Crippen molar-refractivity contribution in [3.05, 3.63) is 82.9 Å². The molecule has 0 heterocycles. The van der Waals surface area contributed by atoms with E-state index in [4.69, 9.17) is 21.1 Å². The summed E-state index contributed by atoms with van der Waals surface area (Å²) in [5, 5.41) is 3.02. The van der Waals surface area contributed by atoms with E-state index in [1.165, 1.54) is 44.4 Å². The first-order chi connectivity index (χ1) is 18.5. The maximum Gasteiger partial charge on any atom is 0.264 e. The van der Waals surface area contributed by atoms with E-state index in [9.17, 15) is 18.0 Å². The first-order valence-electron chi connectivity index (χ1n) is 12.1. The van der Waals surface area contributed by atoms with Gasteiger partial charge in [0, 0.05) is 24.7 Å². The molecule has 0 aliphatic carbocycles. The molecule has 0 saturated heterocycles. The lowest BCUT2D eigenvalue weighted by atomic mass is 10.1. The lowest BCUT2D eigenvalue weighted by Crippen LogP contribution is -2.50. The molecule has 39 heavy (non-hydrogen) atoms. The third kappa shape index (κ3) is 7.01. The molecule has 3 rings (SSSR count). The van der Waals surface area contributed by atoms with Crippen LogP contribution in [0.1, 0.15) is 18.1 Å². The Kier molecular flexibility index (Phi) is 9.82. The number of anilines is 1. The summed E-state index contributed by atoms with van der Waals surface area (Å²) in [5.41, 5.74) is 1.67. The number of carbonyl (C=O) groups is 2. The number of methoxy groups -OCH3 is 2. The molecule has 0 fully saturated rings. The van der Waals surface area contributed by atoms with Crippen LogP contribution < -0.4 is 19.1 Å². The highest BCUT2D eigenvalue weighted by Gasteiger charge is 2.34. The van der Waals surface area contributed by atoms with Gasteiger partial charge in [0.2, 0.25) is 11.8 Å². The molecule has 1 N–H and O–H groups in total. The number of amides is 2. The van der Waals surface area contributed by atoms with Gasteiger partial charge in [0.15, 0.2) is 0 Å². The Morgan fingerprint density at radius 2 is 1.69 bits per heavy atom. The second kappa shape index (κ2) is 12.9. The summed E-state index contributed by atoms with van der Waals surface area (Å²) in [4.78, 5) is 27.8. The van der Waals surface area contributed by atoms with Crippen LogP contribution in [0.25, 0.3) is 0 Å². The van der Waals surface area contributed by atoms with Crippen molar-refractivity contribution in [3.63, 3.8) is 0 Å². The molecule has 11 heteroatoms. The number of nitrogens with one attached hydrogen (secondary N) is 1. The zero-order chi connectivity index (χ0) is 28.7. The first kappa shape index (κ1) is 29.8. The van der Waals surface area contributed by atoms with Crippen LogP contribution in [0.5, 0.6) is 11.5 Å². The first-order valence-corrected chi connectivity index (χ1v) is 13.9. The minimum absolute atomic E-state index is 0.00786. The van der Waals surface area contributed by atoms with Crippen LogP contribution in [-0.4, -0.2) is 59.0 Å². The summed E-state index contributed by atoms with van der Waals surface area (Å²) in [6.07, 6.45) is 0. The van der Waals surface area contributed by atoms with Crippen LogP contribution in [0.2, 0.25) is 5.02 Å². The smallest absolute Gasteiger partial charge is 0.264 e. The lowest BCUT2D eigenvalue weighted by molar-refractivity contribution is -0.139. The fraction of sp³-hybridized carbons (Fsp3) is 0.286. The molecule has 208 valence electrons. The molecule has 0 spiro atoms. The summed E-state index contributed by atoms with van der Waals surface area (Å²) in [7, 11) is 0.0663. The van der Waals surface area contributed by atoms with Gasteiger partial charge in [0.05, 0.1) is 24.8 Å². The Labute approximate surface area is 234 Å². The predicted octanol–water partition coefficient (Wildman–Crippen LogP) is 4.02. The van der Waals surface area contributed by atoms with E-state index >= 15 is 0 Å². The molecule has 0 aliphatic rings. The van der Waals surface area contributed by atoms with Gasteiger partial charge in [-0.2, -0.15) is 0 Å². The molecule has 1 atom stereocenters. The van der Waals surface area contributed by atoms with E-state index in [0.717, 1.165) is 9.87 Å². The van der Waals surface area contributed by atoms with Crippen LogP contribution in [0.15, 0.2) is 71.6 Å². The van der Waals surface area contributed by atoms with Crippen molar-refractivity contribution in [3.8, 4) is 11.5 Å². The van der Waals surface area contributed by atoms with Crippen molar-refractivity contribution >= 4 is 39.1 Å². The zero-order valence-corrected chi connectivity index (χ0v) is 24.0. The van der Waals surface area contributed by atoms with Crippen molar-refractivity contribution in [2.24, 2.45) is 0 Å². The van der Waals surface area contributed by atoms with Gasteiger partial charge in [-0.15, -0.1) is 0 Å². The largest absolute Gasteiger partial charge is 0.497 e. The fourth-order valence-corrected chi connectivity index (χ4v) is 5.60. The van der Waals surface area contributed by atoms with Gasteiger partial charge in [-0.3, -0.25) is 13.9 Å². The van der Waals surface area contributed by atoms with E-state index in [1.807, 2.05) is 6.92 Å². The van der Waals surface area contributed by atoms with Gasteiger partial charge in [0.25, 0.3) is 10.0 Å². The maximum absolute atomic E-state index is 14.0. The van der Waals surface area contributed by atoms with Crippen LogP contribution in [0.4, 0.5) is 5.69 Å². The molecule has 0 saturated carbocycles. The highest BCUT2D eigenvalue weighted by molar-refractivity contribution is 7.92. The third-order valence-corrected chi connectivity index (χ3v) is 8.21. The van der Waals surface area contributed by atoms with Gasteiger partial charge in [-0.25, -0.2) is 8.42 Å². The van der Waals surface area contributed by atoms with E-state index in [0.29, 0.717) is 16.3 Å². The normalized spacial score (nSPS) is 11.8. The van der Waals surface area contributed by atoms with Gasteiger partial charge in [0.1, 0.15) is 24.1 Å². The minimum atomic E-state index is -4.26.